The molecule has 6 nitrogen and oxygen atoms in total. The highest BCUT2D eigenvalue weighted by atomic mass is 16.5. The van der Waals surface area contributed by atoms with Crippen molar-refractivity contribution in [3.8, 4) is 0 Å². The van der Waals surface area contributed by atoms with Crippen LogP contribution in [0.5, 0.6) is 0 Å². The lowest BCUT2D eigenvalue weighted by atomic mass is 10.1. The lowest BCUT2D eigenvalue weighted by Gasteiger charge is -2.31. The van der Waals surface area contributed by atoms with Crippen molar-refractivity contribution >= 4 is 11.8 Å². The number of benzene rings is 2. The number of nitrogens with one attached hydrogen (secondary N) is 2. The molecule has 0 bridgehead atoms. The highest BCUT2D eigenvalue weighted by molar-refractivity contribution is 5.96. The maximum atomic E-state index is 12.4. The van der Waals surface area contributed by atoms with Crippen LogP contribution in [-0.4, -0.2) is 56.1 Å². The van der Waals surface area contributed by atoms with E-state index in [0.29, 0.717) is 25.3 Å². The van der Waals surface area contributed by atoms with Crippen LogP contribution in [0.1, 0.15) is 22.0 Å². The Morgan fingerprint density at radius 1 is 0.963 bits per heavy atom. The molecule has 27 heavy (non-hydrogen) atoms. The maximum Gasteiger partial charge on any atom is 0.251 e. The minimum atomic E-state index is -0.254. The van der Waals surface area contributed by atoms with Crippen molar-refractivity contribution in [2.24, 2.45) is 0 Å². The Balaban J connectivity index is 1.57. The van der Waals surface area contributed by atoms with Gasteiger partial charge in [0.2, 0.25) is 5.91 Å². The number of carbonyl (C=O) groups excluding carboxylic acids is 2. The zero-order valence-electron chi connectivity index (χ0n) is 15.3. The Kier molecular flexibility index (Phi) is 6.96. The minimum Gasteiger partial charge on any atom is -0.379 e. The van der Waals surface area contributed by atoms with Crippen molar-refractivity contribution in [1.29, 1.82) is 0 Å². The van der Waals surface area contributed by atoms with E-state index in [1.807, 2.05) is 36.4 Å². The molecule has 2 aromatic carbocycles. The van der Waals surface area contributed by atoms with Gasteiger partial charge in [0, 0.05) is 25.2 Å². The smallest absolute Gasteiger partial charge is 0.251 e. The molecule has 0 aromatic heterocycles. The van der Waals surface area contributed by atoms with E-state index >= 15 is 0 Å². The molecule has 1 fully saturated rings. The van der Waals surface area contributed by atoms with Crippen LogP contribution in [0.15, 0.2) is 60.7 Å². The van der Waals surface area contributed by atoms with Gasteiger partial charge in [-0.2, -0.15) is 0 Å². The van der Waals surface area contributed by atoms with Crippen LogP contribution in [0.2, 0.25) is 0 Å². The highest BCUT2D eigenvalue weighted by Crippen LogP contribution is 2.15. The Morgan fingerprint density at radius 2 is 1.59 bits per heavy atom. The monoisotopic (exact) mass is 367 g/mol. The number of hydrogen-bond donors (Lipinski definition) is 2. The second-order valence-corrected chi connectivity index (χ2v) is 6.49. The average Bonchev–Trinajstić information content (AvgIpc) is 2.73. The fourth-order valence-corrected chi connectivity index (χ4v) is 3.06. The summed E-state index contributed by atoms with van der Waals surface area (Å²) >= 11 is 0. The van der Waals surface area contributed by atoms with Gasteiger partial charge in [0.15, 0.2) is 0 Å². The van der Waals surface area contributed by atoms with Gasteiger partial charge in [-0.3, -0.25) is 14.5 Å². The third-order valence-corrected chi connectivity index (χ3v) is 4.53. The van der Waals surface area contributed by atoms with E-state index in [2.05, 4.69) is 15.5 Å². The van der Waals surface area contributed by atoms with Crippen LogP contribution < -0.4 is 10.6 Å². The van der Waals surface area contributed by atoms with Crippen LogP contribution >= 0.6 is 0 Å². The van der Waals surface area contributed by atoms with Crippen molar-refractivity contribution in [2.75, 3.05) is 39.4 Å². The Bertz CT molecular complexity index is 731. The first-order valence-electron chi connectivity index (χ1n) is 9.20. The summed E-state index contributed by atoms with van der Waals surface area (Å²) in [6.07, 6.45) is 0. The predicted molar refractivity (Wildman–Crippen MR) is 103 cm³/mol. The topological polar surface area (TPSA) is 70.7 Å². The third kappa shape index (κ3) is 5.91. The standard InChI is InChI=1S/C21H25N3O3/c25-20(15-22-21(26)18-9-5-2-6-10-18)23-19(17-7-3-1-4-8-17)16-24-11-13-27-14-12-24/h1-10,19H,11-16H2,(H,22,26)(H,23,25)/t19-/m0/s1. The second-order valence-electron chi connectivity index (χ2n) is 6.49. The molecule has 3 rings (SSSR count). The highest BCUT2D eigenvalue weighted by Gasteiger charge is 2.20. The fourth-order valence-electron chi connectivity index (χ4n) is 3.06. The molecule has 1 saturated heterocycles. The number of carbonyl (C=O) groups is 2. The van der Waals surface area contributed by atoms with Gasteiger partial charge in [-0.05, 0) is 17.7 Å². The van der Waals surface area contributed by atoms with Crippen LogP contribution in [0.4, 0.5) is 0 Å². The van der Waals surface area contributed by atoms with Crippen LogP contribution in [0.3, 0.4) is 0 Å². The molecule has 142 valence electrons. The van der Waals surface area contributed by atoms with Gasteiger partial charge >= 0.3 is 0 Å². The first kappa shape index (κ1) is 19.1. The van der Waals surface area contributed by atoms with Crippen LogP contribution in [0, 0.1) is 0 Å². The summed E-state index contributed by atoms with van der Waals surface area (Å²) in [5.41, 5.74) is 1.59. The van der Waals surface area contributed by atoms with Gasteiger partial charge in [-0.25, -0.2) is 0 Å². The average molecular weight is 367 g/mol. The lowest BCUT2D eigenvalue weighted by molar-refractivity contribution is -0.121. The lowest BCUT2D eigenvalue weighted by Crippen LogP contribution is -2.45. The van der Waals surface area contributed by atoms with Crippen molar-refractivity contribution < 1.29 is 14.3 Å². The van der Waals surface area contributed by atoms with E-state index in [1.54, 1.807) is 24.3 Å². The van der Waals surface area contributed by atoms with Gasteiger partial charge in [0.05, 0.1) is 25.8 Å². The largest absolute Gasteiger partial charge is 0.379 e. The normalized spacial score (nSPS) is 15.7. The Hall–Kier alpha value is -2.70. The van der Waals surface area contributed by atoms with Crippen LogP contribution in [0.25, 0.3) is 0 Å². The predicted octanol–water partition coefficient (Wildman–Crippen LogP) is 1.61. The van der Waals surface area contributed by atoms with E-state index in [4.69, 9.17) is 4.74 Å². The quantitative estimate of drug-likeness (QED) is 0.780. The molecule has 1 heterocycles. The summed E-state index contributed by atoms with van der Waals surface area (Å²) in [5, 5.41) is 5.73. The molecule has 1 aliphatic rings. The van der Waals surface area contributed by atoms with Crippen LogP contribution in [-0.2, 0) is 9.53 Å². The molecule has 1 aliphatic heterocycles. The zero-order chi connectivity index (χ0) is 18.9. The van der Waals surface area contributed by atoms with E-state index in [1.165, 1.54) is 0 Å². The molecular weight excluding hydrogens is 342 g/mol. The van der Waals surface area contributed by atoms with Gasteiger partial charge < -0.3 is 15.4 Å². The van der Waals surface area contributed by atoms with Gasteiger partial charge in [0.25, 0.3) is 5.91 Å². The van der Waals surface area contributed by atoms with Crippen molar-refractivity contribution in [1.82, 2.24) is 15.5 Å². The van der Waals surface area contributed by atoms with Crippen molar-refractivity contribution in [3.05, 3.63) is 71.8 Å². The molecule has 0 spiro atoms. The maximum absolute atomic E-state index is 12.4. The number of morpholine rings is 1. The molecule has 0 aliphatic carbocycles. The molecule has 0 saturated carbocycles. The number of ether oxygens (including phenoxy) is 1. The molecule has 2 amide bonds. The molecule has 2 N–H and O–H groups in total. The number of nitrogens with zero attached hydrogens (tertiary/aromatic N) is 1. The summed E-state index contributed by atoms with van der Waals surface area (Å²) in [7, 11) is 0. The first-order chi connectivity index (χ1) is 13.2. The summed E-state index contributed by atoms with van der Waals surface area (Å²) in [6.45, 7) is 3.78. The number of hydrogen-bond acceptors (Lipinski definition) is 4. The zero-order valence-corrected chi connectivity index (χ0v) is 15.3. The molecule has 2 aromatic rings. The summed E-state index contributed by atoms with van der Waals surface area (Å²) in [4.78, 5) is 26.8. The van der Waals surface area contributed by atoms with Crippen molar-refractivity contribution in [2.45, 2.75) is 6.04 Å². The molecular formula is C21H25N3O3. The molecule has 0 unspecified atom stereocenters. The summed E-state index contributed by atoms with van der Waals surface area (Å²) in [5.74, 6) is -0.461. The van der Waals surface area contributed by atoms with E-state index < -0.39 is 0 Å². The third-order valence-electron chi connectivity index (χ3n) is 4.53. The Labute approximate surface area is 159 Å². The van der Waals surface area contributed by atoms with Gasteiger partial charge in [-0.1, -0.05) is 48.5 Å². The second kappa shape index (κ2) is 9.85. The van der Waals surface area contributed by atoms with Gasteiger partial charge in [0.1, 0.15) is 0 Å². The summed E-state index contributed by atoms with van der Waals surface area (Å²) in [6, 6.07) is 18.6. The first-order valence-corrected chi connectivity index (χ1v) is 9.20. The van der Waals surface area contributed by atoms with E-state index in [0.717, 1.165) is 18.7 Å². The van der Waals surface area contributed by atoms with Crippen molar-refractivity contribution in [3.63, 3.8) is 0 Å². The molecule has 6 heteroatoms. The summed E-state index contributed by atoms with van der Waals surface area (Å²) < 4.78 is 5.40. The van der Waals surface area contributed by atoms with E-state index in [-0.39, 0.29) is 24.4 Å². The van der Waals surface area contributed by atoms with E-state index in [9.17, 15) is 9.59 Å². The Morgan fingerprint density at radius 3 is 2.26 bits per heavy atom. The molecule has 0 radical (unpaired) electrons. The minimum absolute atomic E-state index is 0.0554. The number of amides is 2. The molecule has 1 atom stereocenters. The SMILES string of the molecule is O=C(CNC(=O)c1ccccc1)N[C@@H](CN1CCOCC1)c1ccccc1. The van der Waals surface area contributed by atoms with Gasteiger partial charge in [-0.15, -0.1) is 0 Å². The fraction of sp³-hybridized carbons (Fsp3) is 0.333. The number of rotatable bonds is 7.